The first-order valence-electron chi connectivity index (χ1n) is 7.54. The van der Waals surface area contributed by atoms with Gasteiger partial charge in [0.2, 0.25) is 0 Å². The molecule has 4 heteroatoms. The molecule has 0 aromatic heterocycles. The van der Waals surface area contributed by atoms with Crippen molar-refractivity contribution in [1.29, 1.82) is 0 Å². The summed E-state index contributed by atoms with van der Waals surface area (Å²) >= 11 is 1.60. The van der Waals surface area contributed by atoms with Crippen LogP contribution in [0.25, 0.3) is 0 Å². The Labute approximate surface area is 141 Å². The van der Waals surface area contributed by atoms with Crippen LogP contribution in [-0.2, 0) is 15.3 Å². The third kappa shape index (κ3) is 5.57. The minimum absolute atomic E-state index is 0.202. The second-order valence-electron chi connectivity index (χ2n) is 5.41. The van der Waals surface area contributed by atoms with Crippen LogP contribution in [0.1, 0.15) is 36.2 Å². The van der Waals surface area contributed by atoms with Crippen LogP contribution in [0, 0.1) is 0 Å². The Morgan fingerprint density at radius 1 is 1.00 bits per heavy atom. The van der Waals surface area contributed by atoms with Gasteiger partial charge >= 0.3 is 5.97 Å². The van der Waals surface area contributed by atoms with Crippen molar-refractivity contribution in [3.63, 3.8) is 0 Å². The largest absolute Gasteiger partial charge is 0.463 e. The molecule has 2 aromatic rings. The van der Waals surface area contributed by atoms with E-state index in [0.717, 1.165) is 10.6 Å². The molecular weight excluding hydrogens is 308 g/mol. The highest BCUT2D eigenvalue weighted by Gasteiger charge is 2.17. The van der Waals surface area contributed by atoms with Gasteiger partial charge < -0.3 is 4.74 Å². The van der Waals surface area contributed by atoms with Gasteiger partial charge in [-0.1, -0.05) is 48.5 Å². The SMILES string of the molecule is CC(C)OC(=O)CC(=O)c1ccccc1SCc1ccccc1. The van der Waals surface area contributed by atoms with Crippen LogP contribution < -0.4 is 0 Å². The number of rotatable bonds is 7. The van der Waals surface area contributed by atoms with Gasteiger partial charge in [-0.3, -0.25) is 9.59 Å². The number of carbonyl (C=O) groups excluding carboxylic acids is 2. The summed E-state index contributed by atoms with van der Waals surface area (Å²) in [6.45, 7) is 3.54. The Morgan fingerprint density at radius 2 is 1.65 bits per heavy atom. The van der Waals surface area contributed by atoms with Gasteiger partial charge in [-0.2, -0.15) is 0 Å². The normalized spacial score (nSPS) is 10.6. The highest BCUT2D eigenvalue weighted by Crippen LogP contribution is 2.27. The second kappa shape index (κ2) is 8.53. The number of hydrogen-bond acceptors (Lipinski definition) is 4. The van der Waals surface area contributed by atoms with E-state index in [0.29, 0.717) is 5.56 Å². The Bertz CT molecular complexity index is 665. The minimum atomic E-state index is -0.479. The van der Waals surface area contributed by atoms with Crippen molar-refractivity contribution in [2.75, 3.05) is 0 Å². The van der Waals surface area contributed by atoms with E-state index in [4.69, 9.17) is 4.74 Å². The van der Waals surface area contributed by atoms with E-state index in [-0.39, 0.29) is 18.3 Å². The zero-order valence-corrected chi connectivity index (χ0v) is 14.1. The number of ether oxygens (including phenoxy) is 1. The van der Waals surface area contributed by atoms with Crippen LogP contribution in [0.3, 0.4) is 0 Å². The molecule has 120 valence electrons. The maximum absolute atomic E-state index is 12.4. The lowest BCUT2D eigenvalue weighted by Crippen LogP contribution is -2.16. The van der Waals surface area contributed by atoms with E-state index < -0.39 is 5.97 Å². The topological polar surface area (TPSA) is 43.4 Å². The van der Waals surface area contributed by atoms with E-state index >= 15 is 0 Å². The lowest BCUT2D eigenvalue weighted by molar-refractivity contribution is -0.146. The summed E-state index contributed by atoms with van der Waals surface area (Å²) in [5.41, 5.74) is 1.77. The lowest BCUT2D eigenvalue weighted by Gasteiger charge is -2.10. The third-order valence-corrected chi connectivity index (χ3v) is 4.24. The lowest BCUT2D eigenvalue weighted by atomic mass is 10.1. The van der Waals surface area contributed by atoms with Crippen molar-refractivity contribution in [2.24, 2.45) is 0 Å². The van der Waals surface area contributed by atoms with Gasteiger partial charge in [-0.05, 0) is 25.5 Å². The summed E-state index contributed by atoms with van der Waals surface area (Å²) in [6.07, 6.45) is -0.431. The Kier molecular flexibility index (Phi) is 6.41. The van der Waals surface area contributed by atoms with E-state index in [1.165, 1.54) is 5.56 Å². The zero-order valence-electron chi connectivity index (χ0n) is 13.3. The van der Waals surface area contributed by atoms with E-state index in [1.54, 1.807) is 31.7 Å². The summed E-state index contributed by atoms with van der Waals surface area (Å²) in [6, 6.07) is 17.5. The standard InChI is InChI=1S/C19H20O3S/c1-14(2)22-19(21)12-17(20)16-10-6-7-11-18(16)23-13-15-8-4-3-5-9-15/h3-11,14H,12-13H2,1-2H3. The quantitative estimate of drug-likeness (QED) is 0.325. The Hall–Kier alpha value is -2.07. The summed E-state index contributed by atoms with van der Waals surface area (Å²) in [5, 5.41) is 0. The molecule has 0 spiro atoms. The molecule has 0 saturated carbocycles. The van der Waals surface area contributed by atoms with Crippen molar-refractivity contribution in [3.05, 3.63) is 65.7 Å². The van der Waals surface area contributed by atoms with Crippen LogP contribution in [-0.4, -0.2) is 17.9 Å². The minimum Gasteiger partial charge on any atom is -0.463 e. The average molecular weight is 328 g/mol. The van der Waals surface area contributed by atoms with E-state index in [2.05, 4.69) is 12.1 Å². The summed E-state index contributed by atoms with van der Waals surface area (Å²) in [7, 11) is 0. The number of esters is 1. The molecule has 0 aliphatic carbocycles. The van der Waals surface area contributed by atoms with Crippen molar-refractivity contribution >= 4 is 23.5 Å². The molecule has 0 amide bonds. The van der Waals surface area contributed by atoms with Crippen LogP contribution in [0.15, 0.2) is 59.5 Å². The van der Waals surface area contributed by atoms with Crippen molar-refractivity contribution in [3.8, 4) is 0 Å². The molecule has 0 unspecified atom stereocenters. The number of carbonyl (C=O) groups is 2. The van der Waals surface area contributed by atoms with Crippen LogP contribution in [0.5, 0.6) is 0 Å². The number of hydrogen-bond donors (Lipinski definition) is 0. The van der Waals surface area contributed by atoms with Gasteiger partial charge in [0.25, 0.3) is 0 Å². The van der Waals surface area contributed by atoms with Crippen LogP contribution in [0.4, 0.5) is 0 Å². The molecule has 0 atom stereocenters. The summed E-state index contributed by atoms with van der Waals surface area (Å²) in [5.74, 6) is 0.0985. The molecule has 0 saturated heterocycles. The molecule has 2 aromatic carbocycles. The molecule has 0 aliphatic heterocycles. The molecule has 3 nitrogen and oxygen atoms in total. The number of ketones is 1. The highest BCUT2D eigenvalue weighted by atomic mass is 32.2. The maximum atomic E-state index is 12.4. The van der Waals surface area contributed by atoms with Gasteiger partial charge in [-0.25, -0.2) is 0 Å². The predicted octanol–water partition coefficient (Wildman–Crippen LogP) is 4.50. The molecule has 23 heavy (non-hydrogen) atoms. The van der Waals surface area contributed by atoms with Gasteiger partial charge in [-0.15, -0.1) is 11.8 Å². The summed E-state index contributed by atoms with van der Waals surface area (Å²) < 4.78 is 5.04. The Morgan fingerprint density at radius 3 is 2.35 bits per heavy atom. The zero-order chi connectivity index (χ0) is 16.7. The molecule has 0 aliphatic rings. The van der Waals surface area contributed by atoms with Crippen molar-refractivity contribution < 1.29 is 14.3 Å². The molecule has 2 rings (SSSR count). The molecule has 0 bridgehead atoms. The van der Waals surface area contributed by atoms with Gasteiger partial charge in [0.1, 0.15) is 6.42 Å². The first kappa shape index (κ1) is 17.3. The fourth-order valence-electron chi connectivity index (χ4n) is 2.09. The molecular formula is C19H20O3S. The maximum Gasteiger partial charge on any atom is 0.313 e. The predicted molar refractivity (Wildman–Crippen MR) is 92.6 cm³/mol. The monoisotopic (exact) mass is 328 g/mol. The second-order valence-corrected chi connectivity index (χ2v) is 6.43. The van der Waals surface area contributed by atoms with E-state index in [9.17, 15) is 9.59 Å². The average Bonchev–Trinajstić information content (AvgIpc) is 2.53. The fourth-order valence-corrected chi connectivity index (χ4v) is 3.12. The summed E-state index contributed by atoms with van der Waals surface area (Å²) in [4.78, 5) is 24.9. The van der Waals surface area contributed by atoms with E-state index in [1.807, 2.05) is 36.4 Å². The molecule has 0 heterocycles. The molecule has 0 N–H and O–H groups in total. The Balaban J connectivity index is 2.04. The highest BCUT2D eigenvalue weighted by molar-refractivity contribution is 7.98. The first-order chi connectivity index (χ1) is 11.1. The number of benzene rings is 2. The third-order valence-electron chi connectivity index (χ3n) is 3.10. The molecule has 0 fully saturated rings. The van der Waals surface area contributed by atoms with Crippen LogP contribution >= 0.6 is 11.8 Å². The fraction of sp³-hybridized carbons (Fsp3) is 0.263. The smallest absolute Gasteiger partial charge is 0.313 e. The first-order valence-corrected chi connectivity index (χ1v) is 8.53. The van der Waals surface area contributed by atoms with Crippen LogP contribution in [0.2, 0.25) is 0 Å². The van der Waals surface area contributed by atoms with Crippen molar-refractivity contribution in [2.45, 2.75) is 37.0 Å². The van der Waals surface area contributed by atoms with Crippen molar-refractivity contribution in [1.82, 2.24) is 0 Å². The number of thioether (sulfide) groups is 1. The van der Waals surface area contributed by atoms with Gasteiger partial charge in [0, 0.05) is 16.2 Å². The molecule has 0 radical (unpaired) electrons. The van der Waals surface area contributed by atoms with Gasteiger partial charge in [0.15, 0.2) is 5.78 Å². The number of Topliss-reactive ketones (excluding diaryl/α,β-unsaturated/α-hetero) is 1. The van der Waals surface area contributed by atoms with Gasteiger partial charge in [0.05, 0.1) is 6.10 Å².